The molecule has 0 aliphatic heterocycles. The Kier molecular flexibility index (Phi) is 20.3. The zero-order valence-corrected chi connectivity index (χ0v) is 9.69. The summed E-state index contributed by atoms with van der Waals surface area (Å²) in [6.07, 6.45) is 0. The van der Waals surface area contributed by atoms with Crippen LogP contribution in [0.15, 0.2) is 0 Å². The third-order valence-corrected chi connectivity index (χ3v) is 0.767. The molecule has 6 heteroatoms. The van der Waals surface area contributed by atoms with Crippen LogP contribution < -0.4 is 0 Å². The van der Waals surface area contributed by atoms with Crippen molar-refractivity contribution in [2.75, 3.05) is 4.43 Å². The monoisotopic (exact) mass is 374 g/mol. The second kappa shape index (κ2) is 12.1. The quantitative estimate of drug-likeness (QED) is 0.535. The van der Waals surface area contributed by atoms with Crippen LogP contribution in [0.25, 0.3) is 0 Å². The van der Waals surface area contributed by atoms with Crippen molar-refractivity contribution in [2.45, 2.75) is 6.92 Å². The van der Waals surface area contributed by atoms with E-state index >= 15 is 0 Å². The lowest BCUT2D eigenvalue weighted by molar-refractivity contribution is -0.135. The SMILES string of the molecule is CC(=O)O.I.O=C(O)CI. The minimum absolute atomic E-state index is 0. The molecule has 0 atom stereocenters. The zero-order valence-electron chi connectivity index (χ0n) is 5.20. The Balaban J connectivity index is -0.0000000910. The highest BCUT2D eigenvalue weighted by molar-refractivity contribution is 14.1. The molecule has 0 saturated carbocycles. The summed E-state index contributed by atoms with van der Waals surface area (Å²) < 4.78 is 0.192. The molecular formula is C4H8I2O4. The van der Waals surface area contributed by atoms with Crippen molar-refractivity contribution in [3.8, 4) is 0 Å². The lowest BCUT2D eigenvalue weighted by Gasteiger charge is -1.70. The van der Waals surface area contributed by atoms with Crippen LogP contribution in [0.5, 0.6) is 0 Å². The second-order valence-corrected chi connectivity index (χ2v) is 1.81. The average Bonchev–Trinajstić information content (AvgIpc) is 1.65. The molecule has 0 bridgehead atoms. The Morgan fingerprint density at radius 2 is 1.50 bits per heavy atom. The lowest BCUT2D eigenvalue weighted by atomic mass is 10.9. The fraction of sp³-hybridized carbons (Fsp3) is 0.500. The molecule has 0 rings (SSSR count). The molecule has 62 valence electrons. The lowest BCUT2D eigenvalue weighted by Crippen LogP contribution is -1.91. The van der Waals surface area contributed by atoms with Crippen LogP contribution in [0, 0.1) is 0 Å². The normalized spacial score (nSPS) is 6.20. The number of carboxylic acids is 2. The minimum atomic E-state index is -0.833. The van der Waals surface area contributed by atoms with E-state index in [9.17, 15) is 4.79 Å². The van der Waals surface area contributed by atoms with Gasteiger partial charge < -0.3 is 10.2 Å². The number of hydrogen-bond acceptors (Lipinski definition) is 2. The molecule has 0 fully saturated rings. The van der Waals surface area contributed by atoms with Crippen LogP contribution in [0.1, 0.15) is 6.92 Å². The van der Waals surface area contributed by atoms with E-state index in [2.05, 4.69) is 0 Å². The summed E-state index contributed by atoms with van der Waals surface area (Å²) in [6, 6.07) is 0. The van der Waals surface area contributed by atoms with Gasteiger partial charge in [-0.1, -0.05) is 22.6 Å². The van der Waals surface area contributed by atoms with Gasteiger partial charge in [0.2, 0.25) is 0 Å². The summed E-state index contributed by atoms with van der Waals surface area (Å²) in [5.74, 6) is -1.59. The van der Waals surface area contributed by atoms with E-state index < -0.39 is 11.9 Å². The van der Waals surface area contributed by atoms with E-state index in [1.165, 1.54) is 0 Å². The molecule has 10 heavy (non-hydrogen) atoms. The summed E-state index contributed by atoms with van der Waals surface area (Å²) in [5.41, 5.74) is 0. The maximum absolute atomic E-state index is 9.36. The molecule has 4 nitrogen and oxygen atoms in total. The molecule has 0 amide bonds. The highest BCUT2D eigenvalue weighted by atomic mass is 127. The molecule has 0 aliphatic carbocycles. The van der Waals surface area contributed by atoms with Gasteiger partial charge in [-0.15, -0.1) is 24.0 Å². The van der Waals surface area contributed by atoms with Crippen molar-refractivity contribution < 1.29 is 19.8 Å². The first-order chi connectivity index (χ1) is 4.00. The molecule has 0 radical (unpaired) electrons. The molecular weight excluding hydrogens is 366 g/mol. The summed E-state index contributed by atoms with van der Waals surface area (Å²) in [6.45, 7) is 1.08. The first-order valence-corrected chi connectivity index (χ1v) is 3.50. The Morgan fingerprint density at radius 3 is 1.50 bits per heavy atom. The fourth-order valence-electron chi connectivity index (χ4n) is 0. The highest BCUT2D eigenvalue weighted by Gasteiger charge is 1.82. The molecule has 0 aromatic rings. The molecule has 0 aromatic heterocycles. The van der Waals surface area contributed by atoms with E-state index in [1.54, 1.807) is 22.6 Å². The summed E-state index contributed by atoms with van der Waals surface area (Å²) in [5, 5.41) is 15.1. The Morgan fingerprint density at radius 1 is 1.40 bits per heavy atom. The smallest absolute Gasteiger partial charge is 0.313 e. The highest BCUT2D eigenvalue weighted by Crippen LogP contribution is 1.75. The second-order valence-electron chi connectivity index (χ2n) is 1.05. The molecule has 0 saturated heterocycles. The molecule has 0 aromatic carbocycles. The third kappa shape index (κ3) is 79.9. The van der Waals surface area contributed by atoms with Gasteiger partial charge in [-0.3, -0.25) is 9.59 Å². The average molecular weight is 374 g/mol. The van der Waals surface area contributed by atoms with Gasteiger partial charge in [0.15, 0.2) is 0 Å². The van der Waals surface area contributed by atoms with Gasteiger partial charge in [0, 0.05) is 6.92 Å². The van der Waals surface area contributed by atoms with Crippen LogP contribution in [-0.4, -0.2) is 26.6 Å². The Labute approximate surface area is 89.2 Å². The van der Waals surface area contributed by atoms with Crippen molar-refractivity contribution in [1.82, 2.24) is 0 Å². The first-order valence-electron chi connectivity index (χ1n) is 1.98. The van der Waals surface area contributed by atoms with Crippen molar-refractivity contribution in [3.05, 3.63) is 0 Å². The van der Waals surface area contributed by atoms with Gasteiger partial charge >= 0.3 is 5.97 Å². The Hall–Kier alpha value is 0.400. The maximum atomic E-state index is 9.36. The van der Waals surface area contributed by atoms with Gasteiger partial charge in [0.1, 0.15) is 0 Å². The van der Waals surface area contributed by atoms with Crippen molar-refractivity contribution >= 4 is 58.5 Å². The van der Waals surface area contributed by atoms with Gasteiger partial charge in [-0.2, -0.15) is 0 Å². The number of rotatable bonds is 1. The van der Waals surface area contributed by atoms with Crippen molar-refractivity contribution in [1.29, 1.82) is 0 Å². The number of hydrogen-bond donors (Lipinski definition) is 2. The van der Waals surface area contributed by atoms with E-state index in [-0.39, 0.29) is 28.4 Å². The van der Waals surface area contributed by atoms with Crippen molar-refractivity contribution in [3.63, 3.8) is 0 Å². The molecule has 0 heterocycles. The van der Waals surface area contributed by atoms with Gasteiger partial charge in [-0.05, 0) is 0 Å². The number of alkyl halides is 1. The predicted molar refractivity (Wildman–Crippen MR) is 55.2 cm³/mol. The van der Waals surface area contributed by atoms with Gasteiger partial charge in [0.05, 0.1) is 4.43 Å². The molecule has 0 spiro atoms. The van der Waals surface area contributed by atoms with Crippen LogP contribution in [0.4, 0.5) is 0 Å². The summed E-state index contributed by atoms with van der Waals surface area (Å²) >= 11 is 1.78. The van der Waals surface area contributed by atoms with E-state index in [1.807, 2.05) is 0 Å². The van der Waals surface area contributed by atoms with Gasteiger partial charge in [0.25, 0.3) is 5.97 Å². The number of halogens is 2. The Bertz CT molecular complexity index is 99.4. The largest absolute Gasteiger partial charge is 0.481 e. The third-order valence-electron chi connectivity index (χ3n) is 0.114. The topological polar surface area (TPSA) is 74.6 Å². The number of carboxylic acid groups (broad SMARTS) is 2. The zero-order chi connectivity index (χ0) is 7.86. The predicted octanol–water partition coefficient (Wildman–Crippen LogP) is 1.21. The van der Waals surface area contributed by atoms with E-state index in [0.717, 1.165) is 6.92 Å². The summed E-state index contributed by atoms with van der Waals surface area (Å²) in [7, 11) is 0. The molecule has 0 aliphatic rings. The first kappa shape index (κ1) is 16.8. The standard InChI is InChI=1S/C2H3IO2.C2H4O2.HI/c3-1-2(4)5;1-2(3)4;/h1H2,(H,4,5);1H3,(H,3,4);1H. The molecule has 2 N–H and O–H groups in total. The van der Waals surface area contributed by atoms with Crippen LogP contribution >= 0.6 is 46.6 Å². The molecule has 0 unspecified atom stereocenters. The maximum Gasteiger partial charge on any atom is 0.313 e. The van der Waals surface area contributed by atoms with Crippen LogP contribution in [-0.2, 0) is 9.59 Å². The number of aliphatic carboxylic acids is 2. The summed E-state index contributed by atoms with van der Waals surface area (Å²) in [4.78, 5) is 18.4. The van der Waals surface area contributed by atoms with E-state index in [4.69, 9.17) is 15.0 Å². The fourth-order valence-corrected chi connectivity index (χ4v) is 0. The number of carbonyl (C=O) groups is 2. The van der Waals surface area contributed by atoms with Crippen LogP contribution in [0.3, 0.4) is 0 Å². The van der Waals surface area contributed by atoms with Crippen molar-refractivity contribution in [2.24, 2.45) is 0 Å². The minimum Gasteiger partial charge on any atom is -0.481 e. The van der Waals surface area contributed by atoms with E-state index in [0.29, 0.717) is 0 Å². The van der Waals surface area contributed by atoms with Crippen LogP contribution in [0.2, 0.25) is 0 Å². The van der Waals surface area contributed by atoms with Gasteiger partial charge in [-0.25, -0.2) is 0 Å².